The molecule has 0 rings (SSSR count). The van der Waals surface area contributed by atoms with Gasteiger partial charge < -0.3 is 15.7 Å². The Morgan fingerprint density at radius 3 is 1.17 bits per heavy atom. The molecular weight excluding hydrogens is 112 g/mol. The van der Waals surface area contributed by atoms with E-state index < -0.39 is 0 Å². The van der Waals surface area contributed by atoms with Crippen LogP contribution in [0.5, 0.6) is 0 Å². The van der Waals surface area contributed by atoms with Gasteiger partial charge in [0.25, 0.3) is 0 Å². The fourth-order valence-electron chi connectivity index (χ4n) is 0. The molecule has 0 saturated carbocycles. The molecule has 0 amide bonds. The van der Waals surface area contributed by atoms with E-state index in [1.54, 1.807) is 0 Å². The van der Waals surface area contributed by atoms with E-state index in [0.717, 1.165) is 0 Å². The second kappa shape index (κ2) is 16.5. The molecule has 34 valence electrons. The Balaban J connectivity index is -0.0000000450. The molecule has 0 aromatic heterocycles. The van der Waals surface area contributed by atoms with E-state index in [1.807, 2.05) is 0 Å². The van der Waals surface area contributed by atoms with Gasteiger partial charge in [0, 0.05) is 0 Å². The smallest absolute Gasteiger partial charge is 2.00 e. The zero-order valence-electron chi connectivity index (χ0n) is 3.42. The molecule has 0 aliphatic rings. The molecule has 0 unspecified atom stereocenters. The van der Waals surface area contributed by atoms with Crippen LogP contribution in [0.15, 0.2) is 0 Å². The van der Waals surface area contributed by atoms with E-state index in [0.29, 0.717) is 0 Å². The van der Waals surface area contributed by atoms with Crippen molar-refractivity contribution in [3.63, 3.8) is 0 Å². The van der Waals surface area contributed by atoms with Crippen LogP contribution in [-0.2, 0) is 5.48 Å². The van der Waals surface area contributed by atoms with Crippen molar-refractivity contribution in [2.45, 2.75) is 0 Å². The number of aliphatic hydroxyl groups excluding tert-OH is 2. The second-order valence-electron chi connectivity index (χ2n) is 0.447. The molecule has 0 bridgehead atoms. The van der Waals surface area contributed by atoms with Gasteiger partial charge in [0.15, 0.2) is 0 Å². The van der Waals surface area contributed by atoms with Crippen molar-refractivity contribution in [2.24, 2.45) is 0 Å². The van der Waals surface area contributed by atoms with Crippen molar-refractivity contribution in [3.05, 3.63) is 0 Å². The molecule has 0 aliphatic heterocycles. The van der Waals surface area contributed by atoms with Gasteiger partial charge in [-0.15, -0.1) is 0 Å². The van der Waals surface area contributed by atoms with Crippen LogP contribution in [0.4, 0.5) is 0 Å². The summed E-state index contributed by atoms with van der Waals surface area (Å²) in [6.07, 6.45) is 0. The van der Waals surface area contributed by atoms with Gasteiger partial charge in [0.2, 0.25) is 0 Å². The van der Waals surface area contributed by atoms with Gasteiger partial charge in [-0.25, -0.2) is 0 Å². The van der Waals surface area contributed by atoms with Gasteiger partial charge in [0.05, 0.1) is 13.2 Å². The largest absolute Gasteiger partial charge is 2.00 e. The first-order valence-electron chi connectivity index (χ1n) is 1.13. The Kier molecular flexibility index (Phi) is 43.1. The van der Waals surface area contributed by atoms with Crippen molar-refractivity contribution in [2.75, 3.05) is 13.2 Å². The second-order valence-corrected chi connectivity index (χ2v) is 0.447. The summed E-state index contributed by atoms with van der Waals surface area (Å²) in [7, 11) is 0. The topological polar surface area (TPSA) is 69.0 Å². The minimum absolute atomic E-state index is 0. The Bertz CT molecular complexity index is 10.8. The first-order chi connectivity index (χ1) is 1.91. The molecule has 2 N–H and O–H groups in total. The van der Waals surface area contributed by atoms with Crippen LogP contribution in [0.2, 0.25) is 0 Å². The summed E-state index contributed by atoms with van der Waals surface area (Å²) in [5.41, 5.74) is 0. The van der Waals surface area contributed by atoms with Crippen molar-refractivity contribution in [1.82, 2.24) is 0 Å². The zero-order valence-corrected chi connectivity index (χ0v) is 5.63. The third-order valence-electron chi connectivity index (χ3n) is 0.1000. The summed E-state index contributed by atoms with van der Waals surface area (Å²) in [5.74, 6) is 0. The number of hydrogen-bond donors (Lipinski definition) is 2. The summed E-state index contributed by atoms with van der Waals surface area (Å²) < 4.78 is 0. The van der Waals surface area contributed by atoms with Gasteiger partial charge in [-0.1, -0.05) is 0 Å². The Morgan fingerprint density at radius 1 is 1.00 bits per heavy atom. The molecule has 0 radical (unpaired) electrons. The minimum atomic E-state index is -0.125. The summed E-state index contributed by atoms with van der Waals surface area (Å²) >= 11 is 0. The molecule has 6 heavy (non-hydrogen) atoms. The van der Waals surface area contributed by atoms with Gasteiger partial charge in [-0.3, -0.25) is 0 Å². The first-order valence-corrected chi connectivity index (χ1v) is 1.13. The molecule has 0 atom stereocenters. The quantitative estimate of drug-likeness (QED) is 0.410. The maximum Gasteiger partial charge on any atom is 2.00 e. The summed E-state index contributed by atoms with van der Waals surface area (Å²) in [4.78, 5) is 0. The van der Waals surface area contributed by atoms with Crippen LogP contribution in [0.1, 0.15) is 0 Å². The Labute approximate surface area is 66.3 Å². The van der Waals surface area contributed by atoms with E-state index in [-0.39, 0.29) is 56.4 Å². The summed E-state index contributed by atoms with van der Waals surface area (Å²) in [5, 5.41) is 15.2. The first kappa shape index (κ1) is 15.7. The average Bonchev–Trinajstić information content (AvgIpc) is 1.37. The standard InChI is InChI=1S/C2H6O2.Ca.O/c3-1-2-4;;/h3-4H,1-2H2;;/q;+2;-2. The van der Waals surface area contributed by atoms with Gasteiger partial charge in [-0.05, 0) is 0 Å². The van der Waals surface area contributed by atoms with E-state index in [9.17, 15) is 0 Å². The van der Waals surface area contributed by atoms with Gasteiger partial charge >= 0.3 is 37.7 Å². The Hall–Kier alpha value is 1.14. The predicted molar refractivity (Wildman–Crippen MR) is 20.6 cm³/mol. The van der Waals surface area contributed by atoms with Crippen molar-refractivity contribution in [3.8, 4) is 0 Å². The third-order valence-corrected chi connectivity index (χ3v) is 0.1000. The predicted octanol–water partition coefficient (Wildman–Crippen LogP) is -1.53. The number of aliphatic hydroxyl groups is 2. The SMILES string of the molecule is OCCO.[Ca+2].[O-2]. The third kappa shape index (κ3) is 19.2. The molecule has 0 spiro atoms. The minimum Gasteiger partial charge on any atom is -2.00 e. The fourth-order valence-corrected chi connectivity index (χ4v) is 0. The maximum atomic E-state index is 7.62. The molecule has 0 heterocycles. The van der Waals surface area contributed by atoms with Crippen LogP contribution in [0, 0.1) is 0 Å². The van der Waals surface area contributed by atoms with Crippen molar-refractivity contribution in [1.29, 1.82) is 0 Å². The van der Waals surface area contributed by atoms with E-state index in [1.165, 1.54) is 0 Å². The molecule has 0 aromatic rings. The molecular formula is C2H6CaO3. The average molecular weight is 118 g/mol. The van der Waals surface area contributed by atoms with Crippen LogP contribution < -0.4 is 0 Å². The van der Waals surface area contributed by atoms with E-state index in [2.05, 4.69) is 0 Å². The normalized spacial score (nSPS) is 5.00. The van der Waals surface area contributed by atoms with Gasteiger partial charge in [0.1, 0.15) is 0 Å². The van der Waals surface area contributed by atoms with Crippen LogP contribution in [0.3, 0.4) is 0 Å². The summed E-state index contributed by atoms with van der Waals surface area (Å²) in [6.45, 7) is -0.250. The van der Waals surface area contributed by atoms with Crippen LogP contribution >= 0.6 is 0 Å². The summed E-state index contributed by atoms with van der Waals surface area (Å²) in [6, 6.07) is 0. The van der Waals surface area contributed by atoms with E-state index in [4.69, 9.17) is 10.2 Å². The molecule has 0 saturated heterocycles. The van der Waals surface area contributed by atoms with Crippen molar-refractivity contribution < 1.29 is 15.7 Å². The van der Waals surface area contributed by atoms with Gasteiger partial charge in [-0.2, -0.15) is 0 Å². The van der Waals surface area contributed by atoms with Crippen LogP contribution in [-0.4, -0.2) is 61.2 Å². The monoisotopic (exact) mass is 118 g/mol. The Morgan fingerprint density at radius 2 is 1.17 bits per heavy atom. The zero-order chi connectivity index (χ0) is 3.41. The number of hydrogen-bond acceptors (Lipinski definition) is 2. The molecule has 4 heteroatoms. The number of rotatable bonds is 1. The molecule has 3 nitrogen and oxygen atoms in total. The molecule has 0 aromatic carbocycles. The van der Waals surface area contributed by atoms with E-state index >= 15 is 0 Å². The maximum absolute atomic E-state index is 7.62. The molecule has 0 fully saturated rings. The van der Waals surface area contributed by atoms with Crippen LogP contribution in [0.25, 0.3) is 0 Å². The molecule has 0 aliphatic carbocycles. The van der Waals surface area contributed by atoms with Crippen molar-refractivity contribution >= 4 is 37.7 Å². The fraction of sp³-hybridized carbons (Fsp3) is 1.00.